The van der Waals surface area contributed by atoms with Crippen molar-refractivity contribution in [3.63, 3.8) is 0 Å². The van der Waals surface area contributed by atoms with Crippen molar-refractivity contribution in [3.8, 4) is 11.5 Å². The number of benzene rings is 1. The van der Waals surface area contributed by atoms with E-state index >= 15 is 0 Å². The number of carbonyl (C=O) groups excluding carboxylic acids is 1. The fourth-order valence-corrected chi connectivity index (χ4v) is 4.25. The van der Waals surface area contributed by atoms with E-state index in [1.165, 1.54) is 6.08 Å². The van der Waals surface area contributed by atoms with Crippen LogP contribution in [0.25, 0.3) is 33.3 Å². The fraction of sp³-hybridized carbons (Fsp3) is 0.273. The quantitative estimate of drug-likeness (QED) is 0.491. The van der Waals surface area contributed by atoms with E-state index in [1.807, 2.05) is 26.0 Å². The highest BCUT2D eigenvalue weighted by atomic mass is 16.3. The molecule has 0 atom stereocenters. The molecule has 3 N–H and O–H groups in total. The first kappa shape index (κ1) is 19.1. The molecule has 1 aliphatic rings. The van der Waals surface area contributed by atoms with Crippen LogP contribution in [0, 0.1) is 19.8 Å². The molecule has 0 spiro atoms. The third-order valence-corrected chi connectivity index (χ3v) is 5.88. The van der Waals surface area contributed by atoms with E-state index in [0.29, 0.717) is 36.5 Å². The van der Waals surface area contributed by atoms with E-state index in [9.17, 15) is 9.59 Å². The number of nitrogens with zero attached hydrogens (tertiary/aromatic N) is 4. The van der Waals surface area contributed by atoms with Crippen LogP contribution in [0.15, 0.2) is 40.1 Å². The molecule has 5 rings (SSSR count). The van der Waals surface area contributed by atoms with Crippen LogP contribution in [0.1, 0.15) is 11.1 Å². The first-order valence-corrected chi connectivity index (χ1v) is 10.0. The zero-order valence-electron chi connectivity index (χ0n) is 17.3. The second-order valence-corrected chi connectivity index (χ2v) is 8.06. The Labute approximate surface area is 177 Å². The minimum atomic E-state index is -0.411. The standard InChI is InChI=1S/C22H22N6O3/c1-4-16(29)27-8-13(9-27)10-28-19(17-18(26-28)22(30)25-24-21(17)23)20-12(3)14-7-11(2)5-6-15(14)31-20/h4-7,13H,1,8-10H2,2-3H3,(H2,23,24)(H,25,30). The van der Waals surface area contributed by atoms with Crippen molar-refractivity contribution in [3.05, 3.63) is 52.3 Å². The number of fused-ring (bicyclic) bond motifs is 2. The van der Waals surface area contributed by atoms with E-state index in [4.69, 9.17) is 10.2 Å². The number of likely N-dealkylation sites (tertiary alicyclic amines) is 1. The molecule has 0 aliphatic carbocycles. The van der Waals surface area contributed by atoms with Crippen LogP contribution in [0.2, 0.25) is 0 Å². The number of amides is 1. The number of aromatic nitrogens is 4. The van der Waals surface area contributed by atoms with Gasteiger partial charge in [0, 0.05) is 36.5 Å². The van der Waals surface area contributed by atoms with E-state index in [0.717, 1.165) is 22.1 Å². The molecule has 4 aromatic rings. The van der Waals surface area contributed by atoms with E-state index in [2.05, 4.69) is 27.9 Å². The normalized spacial score (nSPS) is 14.3. The third-order valence-electron chi connectivity index (χ3n) is 5.88. The first-order valence-electron chi connectivity index (χ1n) is 10.0. The minimum Gasteiger partial charge on any atom is -0.454 e. The highest BCUT2D eigenvalue weighted by molar-refractivity contribution is 6.01. The summed E-state index contributed by atoms with van der Waals surface area (Å²) < 4.78 is 7.98. The van der Waals surface area contributed by atoms with Crippen molar-refractivity contribution in [1.29, 1.82) is 0 Å². The Kier molecular flexibility index (Phi) is 4.21. The largest absolute Gasteiger partial charge is 0.454 e. The van der Waals surface area contributed by atoms with Crippen LogP contribution < -0.4 is 11.3 Å². The Bertz CT molecular complexity index is 1420. The van der Waals surface area contributed by atoms with Gasteiger partial charge < -0.3 is 15.1 Å². The van der Waals surface area contributed by atoms with Gasteiger partial charge in [0.1, 0.15) is 11.3 Å². The Balaban J connectivity index is 1.66. The first-order chi connectivity index (χ1) is 14.9. The van der Waals surface area contributed by atoms with Gasteiger partial charge in [-0.3, -0.25) is 14.3 Å². The second kappa shape index (κ2) is 6.83. The summed E-state index contributed by atoms with van der Waals surface area (Å²) in [5.41, 5.74) is 9.42. The van der Waals surface area contributed by atoms with Crippen molar-refractivity contribution < 1.29 is 9.21 Å². The number of aromatic amines is 1. The van der Waals surface area contributed by atoms with Crippen molar-refractivity contribution in [2.45, 2.75) is 20.4 Å². The maximum Gasteiger partial charge on any atom is 0.292 e. The van der Waals surface area contributed by atoms with Gasteiger partial charge in [-0.2, -0.15) is 10.2 Å². The zero-order chi connectivity index (χ0) is 21.9. The topological polar surface area (TPSA) is 123 Å². The number of furan rings is 1. The molecule has 1 amide bonds. The highest BCUT2D eigenvalue weighted by Gasteiger charge is 2.32. The van der Waals surface area contributed by atoms with Crippen LogP contribution >= 0.6 is 0 Å². The molecule has 1 fully saturated rings. The summed E-state index contributed by atoms with van der Waals surface area (Å²) in [5.74, 6) is 0.900. The van der Waals surface area contributed by atoms with Gasteiger partial charge in [0.05, 0.1) is 5.39 Å². The lowest BCUT2D eigenvalue weighted by Crippen LogP contribution is -2.50. The molecule has 1 aliphatic heterocycles. The Morgan fingerprint density at radius 2 is 2.16 bits per heavy atom. The number of carbonyl (C=O) groups is 1. The van der Waals surface area contributed by atoms with Crippen molar-refractivity contribution in [2.75, 3.05) is 18.8 Å². The van der Waals surface area contributed by atoms with Crippen molar-refractivity contribution in [2.24, 2.45) is 5.92 Å². The summed E-state index contributed by atoms with van der Waals surface area (Å²) in [6.07, 6.45) is 1.31. The summed E-state index contributed by atoms with van der Waals surface area (Å²) in [7, 11) is 0. The predicted octanol–water partition coefficient (Wildman–Crippen LogP) is 2.38. The molecule has 0 saturated carbocycles. The summed E-state index contributed by atoms with van der Waals surface area (Å²) in [5, 5.41) is 12.4. The van der Waals surface area contributed by atoms with E-state index in [-0.39, 0.29) is 23.2 Å². The smallest absolute Gasteiger partial charge is 0.292 e. The van der Waals surface area contributed by atoms with E-state index < -0.39 is 5.56 Å². The SMILES string of the molecule is C=CC(=O)N1CC(Cn2nc3c(=O)[nH]nc(N)c3c2-c2oc3ccc(C)cc3c2C)C1. The second-order valence-electron chi connectivity index (χ2n) is 8.06. The Hall–Kier alpha value is -3.88. The molecule has 0 bridgehead atoms. The Morgan fingerprint density at radius 1 is 1.39 bits per heavy atom. The lowest BCUT2D eigenvalue weighted by molar-refractivity contribution is -0.132. The monoisotopic (exact) mass is 418 g/mol. The summed E-state index contributed by atoms with van der Waals surface area (Å²) in [4.78, 5) is 25.9. The highest BCUT2D eigenvalue weighted by Crippen LogP contribution is 2.38. The lowest BCUT2D eigenvalue weighted by atomic mass is 9.99. The lowest BCUT2D eigenvalue weighted by Gasteiger charge is -2.38. The molecule has 1 aromatic carbocycles. The number of anilines is 1. The Morgan fingerprint density at radius 3 is 2.90 bits per heavy atom. The number of H-pyrrole nitrogens is 1. The third kappa shape index (κ3) is 2.92. The molecule has 4 heterocycles. The molecule has 31 heavy (non-hydrogen) atoms. The predicted molar refractivity (Wildman–Crippen MR) is 118 cm³/mol. The van der Waals surface area contributed by atoms with Crippen LogP contribution in [-0.2, 0) is 11.3 Å². The van der Waals surface area contributed by atoms with Gasteiger partial charge in [0.2, 0.25) is 5.91 Å². The van der Waals surface area contributed by atoms with Crippen LogP contribution in [0.3, 0.4) is 0 Å². The molecule has 0 radical (unpaired) electrons. The minimum absolute atomic E-state index is 0.0875. The number of hydrogen-bond donors (Lipinski definition) is 2. The van der Waals surface area contributed by atoms with Gasteiger partial charge in [0.15, 0.2) is 17.1 Å². The number of nitrogens with one attached hydrogen (secondary N) is 1. The summed E-state index contributed by atoms with van der Waals surface area (Å²) >= 11 is 0. The van der Waals surface area contributed by atoms with Crippen LogP contribution in [0.4, 0.5) is 5.82 Å². The molecular weight excluding hydrogens is 396 g/mol. The molecule has 9 nitrogen and oxygen atoms in total. The number of nitrogen functional groups attached to an aromatic ring is 1. The maximum atomic E-state index is 12.4. The summed E-state index contributed by atoms with van der Waals surface area (Å²) in [6.45, 7) is 9.25. The molecule has 3 aromatic heterocycles. The van der Waals surface area contributed by atoms with Gasteiger partial charge in [-0.15, -0.1) is 0 Å². The van der Waals surface area contributed by atoms with Crippen LogP contribution in [-0.4, -0.2) is 43.9 Å². The van der Waals surface area contributed by atoms with Gasteiger partial charge in [-0.25, -0.2) is 5.10 Å². The molecule has 9 heteroatoms. The maximum absolute atomic E-state index is 12.4. The van der Waals surface area contributed by atoms with Gasteiger partial charge >= 0.3 is 0 Å². The van der Waals surface area contributed by atoms with E-state index in [1.54, 1.807) is 9.58 Å². The van der Waals surface area contributed by atoms with Crippen LogP contribution in [0.5, 0.6) is 0 Å². The fourth-order valence-electron chi connectivity index (χ4n) is 4.25. The number of nitrogens with two attached hydrogens (primary N) is 1. The molecule has 158 valence electrons. The molecule has 0 unspecified atom stereocenters. The molecule has 1 saturated heterocycles. The zero-order valence-corrected chi connectivity index (χ0v) is 17.3. The van der Waals surface area contributed by atoms with Gasteiger partial charge in [-0.1, -0.05) is 18.2 Å². The number of aryl methyl sites for hydroxylation is 2. The summed E-state index contributed by atoms with van der Waals surface area (Å²) in [6, 6.07) is 5.99. The van der Waals surface area contributed by atoms with Gasteiger partial charge in [-0.05, 0) is 32.1 Å². The number of rotatable bonds is 4. The van der Waals surface area contributed by atoms with Gasteiger partial charge in [0.25, 0.3) is 5.56 Å². The molecular formula is C22H22N6O3. The van der Waals surface area contributed by atoms with Crippen molar-refractivity contribution in [1.82, 2.24) is 24.9 Å². The average Bonchev–Trinajstić information content (AvgIpc) is 3.25. The van der Waals surface area contributed by atoms with Crippen molar-refractivity contribution >= 4 is 33.6 Å². The average molecular weight is 418 g/mol. The number of hydrogen-bond acceptors (Lipinski definition) is 6.